The van der Waals surface area contributed by atoms with Crippen molar-refractivity contribution in [3.8, 4) is 11.4 Å². The molecule has 2 aromatic carbocycles. The number of tetrazole rings is 1. The van der Waals surface area contributed by atoms with Gasteiger partial charge in [-0.1, -0.05) is 18.2 Å². The second kappa shape index (κ2) is 7.91. The van der Waals surface area contributed by atoms with Gasteiger partial charge < -0.3 is 15.4 Å². The van der Waals surface area contributed by atoms with Gasteiger partial charge in [0.2, 0.25) is 5.91 Å². The second-order valence-corrected chi connectivity index (χ2v) is 5.28. The second-order valence-electron chi connectivity index (χ2n) is 5.28. The van der Waals surface area contributed by atoms with Gasteiger partial charge in [-0.05, 0) is 46.3 Å². The number of carbonyl (C=O) groups excluding carboxylic acids is 1. The third-order valence-corrected chi connectivity index (χ3v) is 3.56. The Kier molecular flexibility index (Phi) is 5.20. The minimum absolute atomic E-state index is 0.0938. The molecule has 8 heteroatoms. The summed E-state index contributed by atoms with van der Waals surface area (Å²) in [6.07, 6.45) is 1.51. The summed E-state index contributed by atoms with van der Waals surface area (Å²) in [5.74, 6) is 0.697. The molecule has 1 aromatic heterocycles. The topological polar surface area (TPSA) is 94.0 Å². The molecule has 0 saturated heterocycles. The number of ether oxygens (including phenoxy) is 1. The minimum atomic E-state index is -0.0938. The Morgan fingerprint density at radius 1 is 1.20 bits per heavy atom. The van der Waals surface area contributed by atoms with E-state index in [-0.39, 0.29) is 12.5 Å². The molecule has 1 heterocycles. The van der Waals surface area contributed by atoms with Crippen LogP contribution < -0.4 is 15.4 Å². The maximum atomic E-state index is 12.0. The number of carbonyl (C=O) groups is 1. The maximum Gasteiger partial charge on any atom is 0.239 e. The highest BCUT2D eigenvalue weighted by atomic mass is 16.5. The molecule has 0 aliphatic carbocycles. The van der Waals surface area contributed by atoms with Crippen molar-refractivity contribution < 1.29 is 9.53 Å². The maximum absolute atomic E-state index is 12.0. The Bertz CT molecular complexity index is 817. The molecule has 0 fully saturated rings. The number of anilines is 1. The van der Waals surface area contributed by atoms with Crippen molar-refractivity contribution in [2.24, 2.45) is 0 Å². The highest BCUT2D eigenvalue weighted by molar-refractivity contribution is 5.80. The highest BCUT2D eigenvalue weighted by Gasteiger charge is 2.04. The SMILES string of the molecule is COc1ccc(CNC(=O)CNc2cccc(-n3cnnn3)c2)cc1. The average Bonchev–Trinajstić information content (AvgIpc) is 3.20. The lowest BCUT2D eigenvalue weighted by Crippen LogP contribution is -2.29. The van der Waals surface area contributed by atoms with Crippen molar-refractivity contribution >= 4 is 11.6 Å². The highest BCUT2D eigenvalue weighted by Crippen LogP contribution is 2.13. The van der Waals surface area contributed by atoms with E-state index in [2.05, 4.69) is 26.2 Å². The molecule has 0 radical (unpaired) electrons. The molecule has 1 amide bonds. The van der Waals surface area contributed by atoms with E-state index in [0.717, 1.165) is 22.7 Å². The average molecular weight is 338 g/mol. The molecule has 3 aromatic rings. The van der Waals surface area contributed by atoms with Gasteiger partial charge in [-0.15, -0.1) is 5.10 Å². The van der Waals surface area contributed by atoms with Crippen LogP contribution in [0.4, 0.5) is 5.69 Å². The fraction of sp³-hybridized carbons (Fsp3) is 0.176. The lowest BCUT2D eigenvalue weighted by molar-refractivity contribution is -0.119. The molecule has 2 N–H and O–H groups in total. The van der Waals surface area contributed by atoms with Gasteiger partial charge in [0.15, 0.2) is 0 Å². The summed E-state index contributed by atoms with van der Waals surface area (Å²) < 4.78 is 6.66. The zero-order valence-corrected chi connectivity index (χ0v) is 13.7. The van der Waals surface area contributed by atoms with Gasteiger partial charge in [0.05, 0.1) is 19.3 Å². The number of nitrogens with one attached hydrogen (secondary N) is 2. The first kappa shape index (κ1) is 16.4. The third-order valence-electron chi connectivity index (χ3n) is 3.56. The molecular weight excluding hydrogens is 320 g/mol. The van der Waals surface area contributed by atoms with E-state index in [1.165, 1.54) is 6.33 Å². The van der Waals surface area contributed by atoms with E-state index in [1.807, 2.05) is 48.5 Å². The normalized spacial score (nSPS) is 10.3. The monoisotopic (exact) mass is 338 g/mol. The van der Waals surface area contributed by atoms with E-state index in [1.54, 1.807) is 11.8 Å². The zero-order valence-electron chi connectivity index (χ0n) is 13.7. The molecule has 0 unspecified atom stereocenters. The number of benzene rings is 2. The van der Waals surface area contributed by atoms with Crippen LogP contribution in [-0.4, -0.2) is 39.8 Å². The van der Waals surface area contributed by atoms with E-state index in [0.29, 0.717) is 6.54 Å². The van der Waals surface area contributed by atoms with Gasteiger partial charge in [-0.3, -0.25) is 4.79 Å². The summed E-state index contributed by atoms with van der Waals surface area (Å²) in [5.41, 5.74) is 2.64. The Hall–Kier alpha value is -3.42. The number of rotatable bonds is 7. The van der Waals surface area contributed by atoms with Crippen LogP contribution >= 0.6 is 0 Å². The Morgan fingerprint density at radius 2 is 2.04 bits per heavy atom. The molecule has 0 bridgehead atoms. The molecule has 128 valence electrons. The van der Waals surface area contributed by atoms with Crippen LogP contribution in [0.5, 0.6) is 5.75 Å². The lowest BCUT2D eigenvalue weighted by atomic mass is 10.2. The van der Waals surface area contributed by atoms with Gasteiger partial charge in [0.1, 0.15) is 12.1 Å². The first-order valence-electron chi connectivity index (χ1n) is 7.71. The van der Waals surface area contributed by atoms with Crippen molar-refractivity contribution in [1.29, 1.82) is 0 Å². The van der Waals surface area contributed by atoms with Crippen molar-refractivity contribution in [3.05, 3.63) is 60.4 Å². The predicted molar refractivity (Wildman–Crippen MR) is 92.5 cm³/mol. The van der Waals surface area contributed by atoms with Crippen molar-refractivity contribution in [1.82, 2.24) is 25.5 Å². The van der Waals surface area contributed by atoms with Gasteiger partial charge in [0.25, 0.3) is 0 Å². The van der Waals surface area contributed by atoms with Crippen LogP contribution in [0.3, 0.4) is 0 Å². The summed E-state index contributed by atoms with van der Waals surface area (Å²) in [4.78, 5) is 12.0. The van der Waals surface area contributed by atoms with Crippen molar-refractivity contribution in [2.45, 2.75) is 6.54 Å². The zero-order chi connectivity index (χ0) is 17.5. The summed E-state index contributed by atoms with van der Waals surface area (Å²) in [6.45, 7) is 0.643. The Morgan fingerprint density at radius 3 is 2.76 bits per heavy atom. The van der Waals surface area contributed by atoms with Crippen molar-refractivity contribution in [2.75, 3.05) is 19.0 Å². The molecule has 8 nitrogen and oxygen atoms in total. The molecule has 0 spiro atoms. The molecule has 0 aliphatic rings. The number of amides is 1. The summed E-state index contributed by atoms with van der Waals surface area (Å²) in [5, 5.41) is 17.0. The first-order chi connectivity index (χ1) is 12.2. The number of hydrogen-bond acceptors (Lipinski definition) is 6. The first-order valence-corrected chi connectivity index (χ1v) is 7.71. The molecule has 0 atom stereocenters. The summed E-state index contributed by atoms with van der Waals surface area (Å²) in [7, 11) is 1.62. The lowest BCUT2D eigenvalue weighted by Gasteiger charge is -2.09. The Balaban J connectivity index is 1.49. The summed E-state index contributed by atoms with van der Waals surface area (Å²) >= 11 is 0. The van der Waals surface area contributed by atoms with Gasteiger partial charge >= 0.3 is 0 Å². The predicted octanol–water partition coefficient (Wildman–Crippen LogP) is 1.40. The van der Waals surface area contributed by atoms with Crippen LogP contribution in [-0.2, 0) is 11.3 Å². The van der Waals surface area contributed by atoms with Crippen molar-refractivity contribution in [3.63, 3.8) is 0 Å². The number of hydrogen-bond donors (Lipinski definition) is 2. The number of aromatic nitrogens is 4. The largest absolute Gasteiger partial charge is 0.497 e. The van der Waals surface area contributed by atoms with Crippen LogP contribution in [0.25, 0.3) is 5.69 Å². The van der Waals surface area contributed by atoms with E-state index < -0.39 is 0 Å². The van der Waals surface area contributed by atoms with Crippen LogP contribution in [0.1, 0.15) is 5.56 Å². The van der Waals surface area contributed by atoms with E-state index >= 15 is 0 Å². The smallest absolute Gasteiger partial charge is 0.239 e. The summed E-state index contributed by atoms with van der Waals surface area (Å²) in [6, 6.07) is 15.1. The molecule has 3 rings (SSSR count). The van der Waals surface area contributed by atoms with E-state index in [4.69, 9.17) is 4.74 Å². The van der Waals surface area contributed by atoms with Gasteiger partial charge in [0, 0.05) is 12.2 Å². The van der Waals surface area contributed by atoms with Crippen LogP contribution in [0.2, 0.25) is 0 Å². The van der Waals surface area contributed by atoms with Crippen LogP contribution in [0, 0.1) is 0 Å². The quantitative estimate of drug-likeness (QED) is 0.676. The molecule has 25 heavy (non-hydrogen) atoms. The standard InChI is InChI=1S/C17H18N6O2/c1-25-16-7-5-13(6-8-16)10-19-17(24)11-18-14-3-2-4-15(9-14)23-12-20-21-22-23/h2-9,12,18H,10-11H2,1H3,(H,19,24). The van der Waals surface area contributed by atoms with Gasteiger partial charge in [-0.25, -0.2) is 4.68 Å². The molecular formula is C17H18N6O2. The fourth-order valence-corrected chi connectivity index (χ4v) is 2.23. The minimum Gasteiger partial charge on any atom is -0.497 e. The Labute approximate surface area is 144 Å². The van der Waals surface area contributed by atoms with E-state index in [9.17, 15) is 4.79 Å². The third kappa shape index (κ3) is 4.54. The number of methoxy groups -OCH3 is 1. The molecule has 0 saturated carbocycles. The fourth-order valence-electron chi connectivity index (χ4n) is 2.23. The number of nitrogens with zero attached hydrogens (tertiary/aromatic N) is 4. The van der Waals surface area contributed by atoms with Crippen LogP contribution in [0.15, 0.2) is 54.9 Å². The van der Waals surface area contributed by atoms with Gasteiger partial charge in [-0.2, -0.15) is 0 Å². The molecule has 0 aliphatic heterocycles.